The lowest BCUT2D eigenvalue weighted by molar-refractivity contribution is 0.0993. The monoisotopic (exact) mass is 436 g/mol. The molecule has 3 aromatic rings. The van der Waals surface area contributed by atoms with Crippen molar-refractivity contribution in [2.45, 2.75) is 44.3 Å². The predicted octanol–water partition coefficient (Wildman–Crippen LogP) is 4.35. The highest BCUT2D eigenvalue weighted by atomic mass is 35.5. The Bertz CT molecular complexity index is 976. The lowest BCUT2D eigenvalue weighted by Gasteiger charge is -2.39. The minimum atomic E-state index is -0.0248. The molecule has 162 valence electrons. The highest BCUT2D eigenvalue weighted by Gasteiger charge is 2.34. The maximum Gasteiger partial charge on any atom is 0.173 e. The first-order chi connectivity index (χ1) is 15.3. The Morgan fingerprint density at radius 2 is 1.61 bits per heavy atom. The van der Waals surface area contributed by atoms with Gasteiger partial charge in [-0.3, -0.25) is 9.80 Å². The Hall–Kier alpha value is -2.28. The van der Waals surface area contributed by atoms with E-state index in [-0.39, 0.29) is 6.04 Å². The van der Waals surface area contributed by atoms with Crippen molar-refractivity contribution < 1.29 is 0 Å². The van der Waals surface area contributed by atoms with E-state index in [4.69, 9.17) is 11.6 Å². The highest BCUT2D eigenvalue weighted by Crippen LogP contribution is 2.36. The Kier molecular flexibility index (Phi) is 6.30. The summed E-state index contributed by atoms with van der Waals surface area (Å²) in [4.78, 5) is 5.02. The van der Waals surface area contributed by atoms with Gasteiger partial charge < -0.3 is 0 Å². The number of hydrogen-bond donors (Lipinski definition) is 0. The molecule has 31 heavy (non-hydrogen) atoms. The maximum atomic E-state index is 6.69. The molecule has 2 heterocycles. The fourth-order valence-electron chi connectivity index (χ4n) is 5.01. The molecule has 0 N–H and O–H groups in total. The van der Waals surface area contributed by atoms with Crippen molar-refractivity contribution in [3.05, 3.63) is 76.6 Å². The second-order valence-corrected chi connectivity index (χ2v) is 9.05. The van der Waals surface area contributed by atoms with Gasteiger partial charge >= 0.3 is 0 Å². The largest absolute Gasteiger partial charge is 0.297 e. The van der Waals surface area contributed by atoms with Gasteiger partial charge in [0.1, 0.15) is 0 Å². The lowest BCUT2D eigenvalue weighted by atomic mass is 10.0. The second kappa shape index (κ2) is 9.47. The molecule has 5 rings (SSSR count). The summed E-state index contributed by atoms with van der Waals surface area (Å²) in [7, 11) is 0. The quantitative estimate of drug-likeness (QED) is 0.575. The molecule has 2 fully saturated rings. The Morgan fingerprint density at radius 1 is 0.903 bits per heavy atom. The number of aromatic nitrogens is 4. The first-order valence-electron chi connectivity index (χ1n) is 11.3. The Balaban J connectivity index is 1.39. The summed E-state index contributed by atoms with van der Waals surface area (Å²) in [5, 5.41) is 13.8. The van der Waals surface area contributed by atoms with E-state index in [1.54, 1.807) is 0 Å². The van der Waals surface area contributed by atoms with Gasteiger partial charge in [-0.1, -0.05) is 73.0 Å². The number of benzene rings is 2. The summed E-state index contributed by atoms with van der Waals surface area (Å²) in [6.07, 6.45) is 4.80. The van der Waals surface area contributed by atoms with Crippen molar-refractivity contribution in [2.24, 2.45) is 0 Å². The van der Waals surface area contributed by atoms with E-state index < -0.39 is 0 Å². The first-order valence-corrected chi connectivity index (χ1v) is 11.7. The number of piperazine rings is 1. The van der Waals surface area contributed by atoms with Gasteiger partial charge in [0.25, 0.3) is 0 Å². The van der Waals surface area contributed by atoms with E-state index in [2.05, 4.69) is 72.5 Å². The van der Waals surface area contributed by atoms with Crippen molar-refractivity contribution in [2.75, 3.05) is 26.2 Å². The van der Waals surface area contributed by atoms with Gasteiger partial charge in [0.15, 0.2) is 5.82 Å². The van der Waals surface area contributed by atoms with E-state index in [1.807, 2.05) is 12.1 Å². The Morgan fingerprint density at radius 3 is 2.35 bits per heavy atom. The summed E-state index contributed by atoms with van der Waals surface area (Å²) in [5.41, 5.74) is 2.46. The molecule has 0 amide bonds. The van der Waals surface area contributed by atoms with E-state index >= 15 is 0 Å². The molecule has 0 radical (unpaired) electrons. The van der Waals surface area contributed by atoms with Crippen molar-refractivity contribution >= 4 is 11.6 Å². The zero-order valence-corrected chi connectivity index (χ0v) is 18.5. The molecule has 6 nitrogen and oxygen atoms in total. The first kappa shape index (κ1) is 20.6. The van der Waals surface area contributed by atoms with Crippen LogP contribution < -0.4 is 0 Å². The van der Waals surface area contributed by atoms with Gasteiger partial charge in [-0.05, 0) is 40.5 Å². The van der Waals surface area contributed by atoms with E-state index in [9.17, 15) is 0 Å². The van der Waals surface area contributed by atoms with Gasteiger partial charge in [-0.15, -0.1) is 5.10 Å². The number of nitrogens with zero attached hydrogens (tertiary/aromatic N) is 6. The van der Waals surface area contributed by atoms with Crippen LogP contribution in [0.3, 0.4) is 0 Å². The van der Waals surface area contributed by atoms with E-state index in [1.165, 1.54) is 18.4 Å². The fraction of sp³-hybridized carbons (Fsp3) is 0.458. The summed E-state index contributed by atoms with van der Waals surface area (Å²) >= 11 is 6.69. The SMILES string of the molecule is Clc1ccccc1C(c1nnnn1C1CCCC1)N1CCN(Cc2ccccc2)CC1. The van der Waals surface area contributed by atoms with Crippen molar-refractivity contribution in [1.82, 2.24) is 30.0 Å². The van der Waals surface area contributed by atoms with Crippen LogP contribution in [-0.4, -0.2) is 56.2 Å². The van der Waals surface area contributed by atoms with Crippen molar-refractivity contribution in [1.29, 1.82) is 0 Å². The summed E-state index contributed by atoms with van der Waals surface area (Å²) in [6.45, 7) is 4.94. The van der Waals surface area contributed by atoms with Crippen LogP contribution in [0.2, 0.25) is 5.02 Å². The molecule has 1 aliphatic carbocycles. The molecule has 0 spiro atoms. The topological polar surface area (TPSA) is 50.1 Å². The number of tetrazole rings is 1. The number of halogens is 1. The van der Waals surface area contributed by atoms with Crippen molar-refractivity contribution in [3.8, 4) is 0 Å². The average Bonchev–Trinajstić information content (AvgIpc) is 3.49. The molecule has 1 unspecified atom stereocenters. The summed E-state index contributed by atoms with van der Waals surface area (Å²) < 4.78 is 2.08. The standard InChI is InChI=1S/C24H29ClN6/c25-22-13-7-6-12-21(22)23(24-26-27-28-31(24)20-10-4-5-11-20)30-16-14-29(15-17-30)18-19-8-2-1-3-9-19/h1-3,6-9,12-13,20,23H,4-5,10-11,14-18H2. The third kappa shape index (κ3) is 4.52. The number of hydrogen-bond acceptors (Lipinski definition) is 5. The van der Waals surface area contributed by atoms with Crippen LogP contribution in [0, 0.1) is 0 Å². The Labute approximate surface area is 188 Å². The van der Waals surface area contributed by atoms with Crippen LogP contribution in [0.15, 0.2) is 54.6 Å². The minimum absolute atomic E-state index is 0.0248. The van der Waals surface area contributed by atoms with Crippen LogP contribution in [-0.2, 0) is 6.54 Å². The smallest absolute Gasteiger partial charge is 0.173 e. The molecular weight excluding hydrogens is 408 g/mol. The van der Waals surface area contributed by atoms with Crippen LogP contribution >= 0.6 is 11.6 Å². The van der Waals surface area contributed by atoms with Gasteiger partial charge in [0.2, 0.25) is 0 Å². The molecule has 2 aromatic carbocycles. The van der Waals surface area contributed by atoms with Gasteiger partial charge in [0, 0.05) is 37.7 Å². The molecule has 0 bridgehead atoms. The highest BCUT2D eigenvalue weighted by molar-refractivity contribution is 6.31. The van der Waals surface area contributed by atoms with Crippen LogP contribution in [0.4, 0.5) is 0 Å². The van der Waals surface area contributed by atoms with Gasteiger partial charge in [-0.25, -0.2) is 4.68 Å². The maximum absolute atomic E-state index is 6.69. The van der Waals surface area contributed by atoms with Gasteiger partial charge in [0.05, 0.1) is 12.1 Å². The summed E-state index contributed by atoms with van der Waals surface area (Å²) in [5.74, 6) is 0.927. The average molecular weight is 437 g/mol. The predicted molar refractivity (Wildman–Crippen MR) is 122 cm³/mol. The third-order valence-electron chi connectivity index (χ3n) is 6.65. The lowest BCUT2D eigenvalue weighted by Crippen LogP contribution is -2.48. The van der Waals surface area contributed by atoms with Crippen LogP contribution in [0.1, 0.15) is 54.7 Å². The molecule has 1 aliphatic heterocycles. The molecule has 1 atom stereocenters. The molecule has 1 saturated carbocycles. The van der Waals surface area contributed by atoms with Crippen LogP contribution in [0.5, 0.6) is 0 Å². The second-order valence-electron chi connectivity index (χ2n) is 8.64. The minimum Gasteiger partial charge on any atom is -0.297 e. The molecule has 1 aromatic heterocycles. The van der Waals surface area contributed by atoms with Crippen molar-refractivity contribution in [3.63, 3.8) is 0 Å². The normalized spacial score (nSPS) is 19.6. The zero-order valence-electron chi connectivity index (χ0n) is 17.8. The molecule has 7 heteroatoms. The third-order valence-corrected chi connectivity index (χ3v) is 7.00. The molecular formula is C24H29ClN6. The zero-order chi connectivity index (χ0) is 21.0. The van der Waals surface area contributed by atoms with Gasteiger partial charge in [-0.2, -0.15) is 0 Å². The van der Waals surface area contributed by atoms with E-state index in [0.29, 0.717) is 6.04 Å². The molecule has 2 aliphatic rings. The van der Waals surface area contributed by atoms with E-state index in [0.717, 1.165) is 62.0 Å². The fourth-order valence-corrected chi connectivity index (χ4v) is 5.25. The van der Waals surface area contributed by atoms with Crippen LogP contribution in [0.25, 0.3) is 0 Å². The number of rotatable bonds is 6. The summed E-state index contributed by atoms with van der Waals surface area (Å²) in [6, 6.07) is 19.2. The molecule has 1 saturated heterocycles.